The third-order valence-electron chi connectivity index (χ3n) is 3.38. The minimum atomic E-state index is -2.89. The molecule has 1 amide bonds. The molecule has 1 heterocycles. The lowest BCUT2D eigenvalue weighted by Crippen LogP contribution is -2.40. The van der Waals surface area contributed by atoms with Crippen molar-refractivity contribution in [2.45, 2.75) is 31.7 Å². The molecule has 1 aromatic rings. The largest absolute Gasteiger partial charge is 0.434 e. The van der Waals surface area contributed by atoms with E-state index in [0.717, 1.165) is 0 Å². The number of hydrogen-bond donors (Lipinski definition) is 2. The molecule has 1 aliphatic rings. The standard InChI is InChI=1S/C14H18F2N2O3/c1-20-10-6-11(17-8-10)13(19)18-7-9-4-2-3-5-12(9)21-14(15)16/h2-5,10-11,14,17H,6-8H2,1H3,(H,18,19). The number of methoxy groups -OCH3 is 1. The van der Waals surface area contributed by atoms with Gasteiger partial charge in [0.2, 0.25) is 5.91 Å². The van der Waals surface area contributed by atoms with E-state index < -0.39 is 6.61 Å². The minimum absolute atomic E-state index is 0.0233. The van der Waals surface area contributed by atoms with Gasteiger partial charge in [-0.05, 0) is 12.5 Å². The highest BCUT2D eigenvalue weighted by Gasteiger charge is 2.29. The predicted octanol–water partition coefficient (Wildman–Crippen LogP) is 1.28. The van der Waals surface area contributed by atoms with E-state index >= 15 is 0 Å². The molecule has 0 radical (unpaired) electrons. The Kier molecular flexibility index (Phi) is 5.46. The minimum Gasteiger partial charge on any atom is -0.434 e. The first-order valence-corrected chi connectivity index (χ1v) is 6.66. The molecule has 2 unspecified atom stereocenters. The highest BCUT2D eigenvalue weighted by atomic mass is 19.3. The van der Waals surface area contributed by atoms with E-state index in [1.165, 1.54) is 6.07 Å². The molecular weight excluding hydrogens is 282 g/mol. The maximum absolute atomic E-state index is 12.3. The molecule has 116 valence electrons. The van der Waals surface area contributed by atoms with Crippen LogP contribution in [0.4, 0.5) is 8.78 Å². The van der Waals surface area contributed by atoms with Crippen LogP contribution in [0.2, 0.25) is 0 Å². The zero-order chi connectivity index (χ0) is 15.2. The van der Waals surface area contributed by atoms with Crippen LogP contribution in [0.3, 0.4) is 0 Å². The number of ether oxygens (including phenoxy) is 2. The van der Waals surface area contributed by atoms with Gasteiger partial charge < -0.3 is 20.1 Å². The summed E-state index contributed by atoms with van der Waals surface area (Å²) in [5.74, 6) is -0.108. The van der Waals surface area contributed by atoms with Gasteiger partial charge in [0.15, 0.2) is 0 Å². The Morgan fingerprint density at radius 3 is 2.90 bits per heavy atom. The first-order chi connectivity index (χ1) is 10.1. The summed E-state index contributed by atoms with van der Waals surface area (Å²) in [6.45, 7) is -2.13. The van der Waals surface area contributed by atoms with E-state index in [1.54, 1.807) is 25.3 Å². The van der Waals surface area contributed by atoms with Crippen molar-refractivity contribution in [3.05, 3.63) is 29.8 Å². The molecule has 0 spiro atoms. The number of carbonyl (C=O) groups is 1. The molecule has 5 nitrogen and oxygen atoms in total. The first kappa shape index (κ1) is 15.7. The first-order valence-electron chi connectivity index (χ1n) is 6.66. The number of alkyl halides is 2. The van der Waals surface area contributed by atoms with Crippen molar-refractivity contribution < 1.29 is 23.0 Å². The summed E-state index contributed by atoms with van der Waals surface area (Å²) in [4.78, 5) is 12.0. The van der Waals surface area contributed by atoms with Gasteiger partial charge in [-0.1, -0.05) is 18.2 Å². The van der Waals surface area contributed by atoms with E-state index in [9.17, 15) is 13.6 Å². The molecule has 2 rings (SSSR count). The van der Waals surface area contributed by atoms with Crippen LogP contribution in [0.25, 0.3) is 0 Å². The summed E-state index contributed by atoms with van der Waals surface area (Å²) >= 11 is 0. The molecule has 1 fully saturated rings. The molecule has 0 bridgehead atoms. The average molecular weight is 300 g/mol. The number of nitrogens with one attached hydrogen (secondary N) is 2. The molecule has 21 heavy (non-hydrogen) atoms. The number of benzene rings is 1. The van der Waals surface area contributed by atoms with Gasteiger partial charge in [0.1, 0.15) is 5.75 Å². The van der Waals surface area contributed by atoms with Gasteiger partial charge in [0.25, 0.3) is 0 Å². The average Bonchev–Trinajstić information content (AvgIpc) is 2.94. The van der Waals surface area contributed by atoms with Crippen molar-refractivity contribution in [1.29, 1.82) is 0 Å². The second-order valence-corrected chi connectivity index (χ2v) is 4.76. The SMILES string of the molecule is COC1CNC(C(=O)NCc2ccccc2OC(F)F)C1. The summed E-state index contributed by atoms with van der Waals surface area (Å²) in [6.07, 6.45) is 0.618. The number of rotatable bonds is 6. The van der Waals surface area contributed by atoms with Crippen LogP contribution in [0.15, 0.2) is 24.3 Å². The van der Waals surface area contributed by atoms with Crippen LogP contribution in [-0.4, -0.2) is 38.3 Å². The van der Waals surface area contributed by atoms with Gasteiger partial charge in [-0.15, -0.1) is 0 Å². The molecule has 1 aliphatic heterocycles. The summed E-state index contributed by atoms with van der Waals surface area (Å²) in [5.41, 5.74) is 0.507. The second kappa shape index (κ2) is 7.33. The predicted molar refractivity (Wildman–Crippen MR) is 72.1 cm³/mol. The Bertz CT molecular complexity index is 485. The topological polar surface area (TPSA) is 59.6 Å². The number of para-hydroxylation sites is 1. The monoisotopic (exact) mass is 300 g/mol. The Morgan fingerprint density at radius 1 is 1.48 bits per heavy atom. The Labute approximate surface area is 121 Å². The van der Waals surface area contributed by atoms with E-state index in [-0.39, 0.29) is 30.3 Å². The van der Waals surface area contributed by atoms with E-state index in [0.29, 0.717) is 18.5 Å². The van der Waals surface area contributed by atoms with Crippen molar-refractivity contribution in [3.8, 4) is 5.75 Å². The maximum atomic E-state index is 12.3. The fourth-order valence-electron chi connectivity index (χ4n) is 2.25. The summed E-state index contributed by atoms with van der Waals surface area (Å²) in [6, 6.07) is 6.07. The van der Waals surface area contributed by atoms with Gasteiger partial charge in [-0.3, -0.25) is 4.79 Å². The lowest BCUT2D eigenvalue weighted by atomic mass is 10.1. The third-order valence-corrected chi connectivity index (χ3v) is 3.38. The van der Waals surface area contributed by atoms with Crippen molar-refractivity contribution >= 4 is 5.91 Å². The number of amides is 1. The Hall–Kier alpha value is -1.73. The number of carbonyl (C=O) groups excluding carboxylic acids is 1. The van der Waals surface area contributed by atoms with Crippen molar-refractivity contribution in [2.24, 2.45) is 0 Å². The number of hydrogen-bond acceptors (Lipinski definition) is 4. The van der Waals surface area contributed by atoms with Crippen LogP contribution < -0.4 is 15.4 Å². The van der Waals surface area contributed by atoms with Crippen LogP contribution in [0.5, 0.6) is 5.75 Å². The van der Waals surface area contributed by atoms with Crippen LogP contribution in [-0.2, 0) is 16.1 Å². The summed E-state index contributed by atoms with van der Waals surface area (Å²) in [5, 5.41) is 5.77. The van der Waals surface area contributed by atoms with Gasteiger partial charge in [-0.2, -0.15) is 8.78 Å². The quantitative estimate of drug-likeness (QED) is 0.831. The van der Waals surface area contributed by atoms with Crippen LogP contribution in [0.1, 0.15) is 12.0 Å². The highest BCUT2D eigenvalue weighted by Crippen LogP contribution is 2.20. The molecular formula is C14H18F2N2O3. The van der Waals surface area contributed by atoms with E-state index in [1.807, 2.05) is 0 Å². The lowest BCUT2D eigenvalue weighted by Gasteiger charge is -2.14. The van der Waals surface area contributed by atoms with E-state index in [2.05, 4.69) is 15.4 Å². The van der Waals surface area contributed by atoms with Crippen LogP contribution >= 0.6 is 0 Å². The second-order valence-electron chi connectivity index (χ2n) is 4.76. The van der Waals surface area contributed by atoms with Gasteiger partial charge in [0, 0.05) is 25.8 Å². The molecule has 0 aliphatic carbocycles. The fraction of sp³-hybridized carbons (Fsp3) is 0.500. The van der Waals surface area contributed by atoms with Gasteiger partial charge >= 0.3 is 6.61 Å². The highest BCUT2D eigenvalue weighted by molar-refractivity contribution is 5.82. The third kappa shape index (κ3) is 4.37. The van der Waals surface area contributed by atoms with E-state index in [4.69, 9.17) is 4.74 Å². The zero-order valence-electron chi connectivity index (χ0n) is 11.6. The molecule has 1 aromatic carbocycles. The van der Waals surface area contributed by atoms with Gasteiger partial charge in [0.05, 0.1) is 12.1 Å². The summed E-state index contributed by atoms with van der Waals surface area (Å²) in [7, 11) is 1.60. The normalized spacial score (nSPS) is 21.5. The smallest absolute Gasteiger partial charge is 0.387 e. The fourth-order valence-corrected chi connectivity index (χ4v) is 2.25. The van der Waals surface area contributed by atoms with Gasteiger partial charge in [-0.25, -0.2) is 0 Å². The van der Waals surface area contributed by atoms with Crippen molar-refractivity contribution in [2.75, 3.05) is 13.7 Å². The molecule has 2 N–H and O–H groups in total. The molecule has 0 saturated carbocycles. The number of halogens is 2. The Morgan fingerprint density at radius 2 is 2.24 bits per heavy atom. The molecule has 2 atom stereocenters. The molecule has 7 heteroatoms. The van der Waals surface area contributed by atoms with Crippen molar-refractivity contribution in [1.82, 2.24) is 10.6 Å². The maximum Gasteiger partial charge on any atom is 0.387 e. The molecule has 1 saturated heterocycles. The lowest BCUT2D eigenvalue weighted by molar-refractivity contribution is -0.123. The summed E-state index contributed by atoms with van der Waals surface area (Å²) < 4.78 is 34.2. The zero-order valence-corrected chi connectivity index (χ0v) is 11.6. The Balaban J connectivity index is 1.89. The van der Waals surface area contributed by atoms with Crippen LogP contribution in [0, 0.1) is 0 Å². The molecule has 0 aromatic heterocycles. The van der Waals surface area contributed by atoms with Crippen molar-refractivity contribution in [3.63, 3.8) is 0 Å².